The van der Waals surface area contributed by atoms with Crippen molar-refractivity contribution >= 4 is 5.97 Å². The van der Waals surface area contributed by atoms with Gasteiger partial charge in [0, 0.05) is 0 Å². The highest BCUT2D eigenvalue weighted by Crippen LogP contribution is 1.96. The molecule has 0 aliphatic heterocycles. The molecule has 0 aliphatic carbocycles. The van der Waals surface area contributed by atoms with Gasteiger partial charge in [-0.2, -0.15) is 0 Å². The standard InChI is InChI=1S/C9H15O2/c1-3-4-5-6-7-8-9(10)11-2/h6-7H,1,3-5,8H2,2H3. The van der Waals surface area contributed by atoms with E-state index >= 15 is 0 Å². The lowest BCUT2D eigenvalue weighted by Crippen LogP contribution is -1.96. The van der Waals surface area contributed by atoms with E-state index in [-0.39, 0.29) is 5.97 Å². The molecule has 0 saturated heterocycles. The predicted octanol–water partition coefficient (Wildman–Crippen LogP) is 2.11. The van der Waals surface area contributed by atoms with Gasteiger partial charge in [-0.05, 0) is 12.8 Å². The minimum atomic E-state index is -0.184. The van der Waals surface area contributed by atoms with Crippen molar-refractivity contribution in [3.8, 4) is 0 Å². The Balaban J connectivity index is 3.22. The molecule has 0 atom stereocenters. The SMILES string of the molecule is [CH2]CCCC=CCC(=O)OC. The van der Waals surface area contributed by atoms with Gasteiger partial charge in [0.25, 0.3) is 0 Å². The van der Waals surface area contributed by atoms with E-state index in [2.05, 4.69) is 11.7 Å². The lowest BCUT2D eigenvalue weighted by molar-refractivity contribution is -0.139. The summed E-state index contributed by atoms with van der Waals surface area (Å²) in [5.41, 5.74) is 0. The van der Waals surface area contributed by atoms with Crippen LogP contribution in [0.3, 0.4) is 0 Å². The Bertz CT molecular complexity index is 128. The van der Waals surface area contributed by atoms with Gasteiger partial charge in [0.2, 0.25) is 0 Å². The molecular formula is C9H15O2. The van der Waals surface area contributed by atoms with Crippen LogP contribution in [0.1, 0.15) is 25.7 Å². The number of esters is 1. The second kappa shape index (κ2) is 7.32. The number of unbranched alkanes of at least 4 members (excludes halogenated alkanes) is 2. The van der Waals surface area contributed by atoms with Crippen LogP contribution in [0.15, 0.2) is 12.2 Å². The summed E-state index contributed by atoms with van der Waals surface area (Å²) in [6.07, 6.45) is 7.23. The Morgan fingerprint density at radius 3 is 2.82 bits per heavy atom. The van der Waals surface area contributed by atoms with Crippen molar-refractivity contribution in [3.63, 3.8) is 0 Å². The summed E-state index contributed by atoms with van der Waals surface area (Å²) < 4.78 is 4.45. The van der Waals surface area contributed by atoms with Crippen LogP contribution in [0.4, 0.5) is 0 Å². The lowest BCUT2D eigenvalue weighted by atomic mass is 10.2. The Kier molecular flexibility index (Phi) is 6.79. The van der Waals surface area contributed by atoms with Gasteiger partial charge in [0.15, 0.2) is 0 Å². The van der Waals surface area contributed by atoms with E-state index in [4.69, 9.17) is 0 Å². The highest BCUT2D eigenvalue weighted by Gasteiger charge is 1.92. The van der Waals surface area contributed by atoms with Crippen LogP contribution in [0, 0.1) is 6.92 Å². The molecule has 0 heterocycles. The van der Waals surface area contributed by atoms with Crippen molar-refractivity contribution in [1.82, 2.24) is 0 Å². The highest BCUT2D eigenvalue weighted by molar-refractivity contribution is 5.70. The molecule has 0 unspecified atom stereocenters. The molecule has 0 aromatic rings. The first-order valence-electron chi connectivity index (χ1n) is 3.82. The maximum absolute atomic E-state index is 10.6. The van der Waals surface area contributed by atoms with Gasteiger partial charge in [0.05, 0.1) is 13.5 Å². The number of rotatable bonds is 5. The summed E-state index contributed by atoms with van der Waals surface area (Å²) in [4.78, 5) is 10.6. The molecule has 0 aromatic carbocycles. The molecule has 0 saturated carbocycles. The van der Waals surface area contributed by atoms with Gasteiger partial charge in [-0.15, -0.1) is 0 Å². The molecule has 63 valence electrons. The van der Waals surface area contributed by atoms with Gasteiger partial charge in [-0.3, -0.25) is 4.79 Å². The van der Waals surface area contributed by atoms with Gasteiger partial charge in [-0.1, -0.05) is 25.5 Å². The van der Waals surface area contributed by atoms with E-state index in [1.165, 1.54) is 7.11 Å². The molecule has 1 radical (unpaired) electrons. The number of methoxy groups -OCH3 is 1. The Morgan fingerprint density at radius 2 is 2.27 bits per heavy atom. The van der Waals surface area contributed by atoms with Crippen molar-refractivity contribution in [3.05, 3.63) is 19.1 Å². The van der Waals surface area contributed by atoms with Gasteiger partial charge in [0.1, 0.15) is 0 Å². The predicted molar refractivity (Wildman–Crippen MR) is 45.0 cm³/mol. The van der Waals surface area contributed by atoms with E-state index in [9.17, 15) is 4.79 Å². The number of ether oxygens (including phenoxy) is 1. The molecular weight excluding hydrogens is 140 g/mol. The molecule has 0 N–H and O–H groups in total. The fourth-order valence-electron chi connectivity index (χ4n) is 0.643. The first-order valence-corrected chi connectivity index (χ1v) is 3.82. The summed E-state index contributed by atoms with van der Waals surface area (Å²) in [6.45, 7) is 3.71. The summed E-state index contributed by atoms with van der Waals surface area (Å²) in [6, 6.07) is 0. The minimum absolute atomic E-state index is 0.184. The van der Waals surface area contributed by atoms with Crippen LogP contribution < -0.4 is 0 Å². The molecule has 0 spiro atoms. The number of carbonyl (C=O) groups is 1. The first kappa shape index (κ1) is 10.2. The average molecular weight is 155 g/mol. The first-order chi connectivity index (χ1) is 5.31. The maximum Gasteiger partial charge on any atom is 0.309 e. The van der Waals surface area contributed by atoms with Gasteiger partial charge < -0.3 is 4.74 Å². The molecule has 0 aromatic heterocycles. The summed E-state index contributed by atoms with van der Waals surface area (Å²) in [5, 5.41) is 0. The molecule has 11 heavy (non-hydrogen) atoms. The number of allylic oxidation sites excluding steroid dienone is 1. The Labute approximate surface area is 68.2 Å². The average Bonchev–Trinajstić information content (AvgIpc) is 2.04. The maximum atomic E-state index is 10.6. The largest absolute Gasteiger partial charge is 0.469 e. The van der Waals surface area contributed by atoms with E-state index in [1.807, 2.05) is 12.2 Å². The number of carbonyl (C=O) groups excluding carboxylic acids is 1. The van der Waals surface area contributed by atoms with E-state index in [1.54, 1.807) is 0 Å². The van der Waals surface area contributed by atoms with Gasteiger partial charge in [-0.25, -0.2) is 0 Å². The molecule has 0 bridgehead atoms. The monoisotopic (exact) mass is 155 g/mol. The fraction of sp³-hybridized carbons (Fsp3) is 0.556. The van der Waals surface area contributed by atoms with Crippen LogP contribution in [-0.4, -0.2) is 13.1 Å². The summed E-state index contributed by atoms with van der Waals surface area (Å²) in [7, 11) is 1.39. The van der Waals surface area contributed by atoms with E-state index < -0.39 is 0 Å². The van der Waals surface area contributed by atoms with Crippen molar-refractivity contribution in [2.75, 3.05) is 7.11 Å². The number of hydrogen-bond donors (Lipinski definition) is 0. The van der Waals surface area contributed by atoms with Crippen LogP contribution >= 0.6 is 0 Å². The molecule has 2 nitrogen and oxygen atoms in total. The topological polar surface area (TPSA) is 26.3 Å². The smallest absolute Gasteiger partial charge is 0.309 e. The minimum Gasteiger partial charge on any atom is -0.469 e. The second-order valence-corrected chi connectivity index (χ2v) is 2.25. The lowest BCUT2D eigenvalue weighted by Gasteiger charge is -1.91. The summed E-state index contributed by atoms with van der Waals surface area (Å²) >= 11 is 0. The number of hydrogen-bond acceptors (Lipinski definition) is 2. The van der Waals surface area contributed by atoms with Crippen molar-refractivity contribution < 1.29 is 9.53 Å². The van der Waals surface area contributed by atoms with Crippen LogP contribution in [0.2, 0.25) is 0 Å². The van der Waals surface area contributed by atoms with Crippen molar-refractivity contribution in [2.45, 2.75) is 25.7 Å². The van der Waals surface area contributed by atoms with Crippen LogP contribution in [0.25, 0.3) is 0 Å². The molecule has 0 amide bonds. The third-order valence-electron chi connectivity index (χ3n) is 1.30. The van der Waals surface area contributed by atoms with Crippen LogP contribution in [0.5, 0.6) is 0 Å². The van der Waals surface area contributed by atoms with E-state index in [0.29, 0.717) is 6.42 Å². The normalized spacial score (nSPS) is 10.4. The zero-order valence-corrected chi connectivity index (χ0v) is 7.01. The zero-order chi connectivity index (χ0) is 8.53. The third kappa shape index (κ3) is 7.10. The van der Waals surface area contributed by atoms with Crippen LogP contribution in [-0.2, 0) is 9.53 Å². The Hall–Kier alpha value is -0.790. The van der Waals surface area contributed by atoms with Crippen molar-refractivity contribution in [2.24, 2.45) is 0 Å². The third-order valence-corrected chi connectivity index (χ3v) is 1.30. The fourth-order valence-corrected chi connectivity index (χ4v) is 0.643. The molecule has 0 fully saturated rings. The highest BCUT2D eigenvalue weighted by atomic mass is 16.5. The Morgan fingerprint density at radius 1 is 1.55 bits per heavy atom. The second-order valence-electron chi connectivity index (χ2n) is 2.25. The van der Waals surface area contributed by atoms with E-state index in [0.717, 1.165) is 19.3 Å². The molecule has 0 aliphatic rings. The quantitative estimate of drug-likeness (QED) is 0.345. The molecule has 2 heteroatoms. The molecule has 0 rings (SSSR count). The summed E-state index contributed by atoms with van der Waals surface area (Å²) in [5.74, 6) is -0.184. The van der Waals surface area contributed by atoms with Gasteiger partial charge >= 0.3 is 5.97 Å². The van der Waals surface area contributed by atoms with Crippen molar-refractivity contribution in [1.29, 1.82) is 0 Å². The zero-order valence-electron chi connectivity index (χ0n) is 7.01.